The van der Waals surface area contributed by atoms with Crippen LogP contribution in [0.4, 0.5) is 0 Å². The van der Waals surface area contributed by atoms with Crippen molar-refractivity contribution in [3.63, 3.8) is 0 Å². The molecule has 1 amide bonds. The van der Waals surface area contributed by atoms with Gasteiger partial charge in [0.05, 0.1) is 12.8 Å². The fraction of sp³-hybridized carbons (Fsp3) is 0.176. The first kappa shape index (κ1) is 18.5. The molecule has 0 unspecified atom stereocenters. The number of nitrogens with zero attached hydrogens (tertiary/aromatic N) is 1. The van der Waals surface area contributed by atoms with E-state index in [2.05, 4.69) is 42.4 Å². The number of carbonyl (C=O) groups excluding carboxylic acids is 1. The molecule has 0 spiro atoms. The maximum atomic E-state index is 11.8. The van der Waals surface area contributed by atoms with E-state index in [0.717, 1.165) is 14.5 Å². The Labute approximate surface area is 157 Å². The Kier molecular flexibility index (Phi) is 7.27. The minimum atomic E-state index is -0.348. The third kappa shape index (κ3) is 5.98. The highest BCUT2D eigenvalue weighted by Crippen LogP contribution is 2.21. The number of ether oxygens (including phenoxy) is 2. The molecule has 0 aliphatic carbocycles. The molecule has 0 bridgehead atoms. The van der Waals surface area contributed by atoms with Crippen molar-refractivity contribution in [2.45, 2.75) is 6.92 Å². The number of benzene rings is 2. The SMILES string of the molecule is CCOc1ccc(Br)cc1/C=N\NC(=O)COc1cccc(Br)c1. The first-order valence-corrected chi connectivity index (χ1v) is 8.79. The second-order valence-corrected chi connectivity index (χ2v) is 6.49. The Morgan fingerprint density at radius 3 is 2.71 bits per heavy atom. The van der Waals surface area contributed by atoms with Gasteiger partial charge in [0.15, 0.2) is 6.61 Å². The molecule has 1 N–H and O–H groups in total. The molecule has 0 aliphatic rings. The summed E-state index contributed by atoms with van der Waals surface area (Å²) in [6, 6.07) is 12.9. The van der Waals surface area contributed by atoms with Gasteiger partial charge in [-0.2, -0.15) is 5.10 Å². The van der Waals surface area contributed by atoms with E-state index in [9.17, 15) is 4.79 Å². The van der Waals surface area contributed by atoms with Gasteiger partial charge in [-0.1, -0.05) is 37.9 Å². The average molecular weight is 456 g/mol. The van der Waals surface area contributed by atoms with Crippen molar-refractivity contribution < 1.29 is 14.3 Å². The lowest BCUT2D eigenvalue weighted by Crippen LogP contribution is -2.24. The molecule has 0 fully saturated rings. The predicted octanol–water partition coefficient (Wildman–Crippen LogP) is 4.14. The Morgan fingerprint density at radius 2 is 1.96 bits per heavy atom. The molecule has 2 rings (SSSR count). The van der Waals surface area contributed by atoms with E-state index < -0.39 is 0 Å². The quantitative estimate of drug-likeness (QED) is 0.504. The second-order valence-electron chi connectivity index (χ2n) is 4.65. The van der Waals surface area contributed by atoms with Gasteiger partial charge in [-0.05, 0) is 43.3 Å². The largest absolute Gasteiger partial charge is 0.493 e. The van der Waals surface area contributed by atoms with E-state index in [-0.39, 0.29) is 12.5 Å². The highest BCUT2D eigenvalue weighted by molar-refractivity contribution is 9.10. The Balaban J connectivity index is 1.89. The number of amides is 1. The third-order valence-corrected chi connectivity index (χ3v) is 3.82. The van der Waals surface area contributed by atoms with Gasteiger partial charge >= 0.3 is 0 Å². The first-order valence-electron chi connectivity index (χ1n) is 7.21. The second kappa shape index (κ2) is 9.44. The van der Waals surface area contributed by atoms with Crippen LogP contribution < -0.4 is 14.9 Å². The Hall–Kier alpha value is -1.86. The summed E-state index contributed by atoms with van der Waals surface area (Å²) in [6.45, 7) is 2.34. The maximum Gasteiger partial charge on any atom is 0.277 e. The lowest BCUT2D eigenvalue weighted by atomic mass is 10.2. The van der Waals surface area contributed by atoms with Crippen LogP contribution in [-0.2, 0) is 4.79 Å². The molecule has 5 nitrogen and oxygen atoms in total. The van der Waals surface area contributed by atoms with Gasteiger partial charge in [0.1, 0.15) is 11.5 Å². The summed E-state index contributed by atoms with van der Waals surface area (Å²) in [7, 11) is 0. The topological polar surface area (TPSA) is 59.9 Å². The summed E-state index contributed by atoms with van der Waals surface area (Å²) in [5.74, 6) is 0.956. The third-order valence-electron chi connectivity index (χ3n) is 2.83. The van der Waals surface area contributed by atoms with Crippen molar-refractivity contribution >= 4 is 44.0 Å². The summed E-state index contributed by atoms with van der Waals surface area (Å²) in [5, 5.41) is 3.94. The highest BCUT2D eigenvalue weighted by Gasteiger charge is 2.04. The molecular weight excluding hydrogens is 440 g/mol. The summed E-state index contributed by atoms with van der Waals surface area (Å²) in [5.41, 5.74) is 3.19. The van der Waals surface area contributed by atoms with Crippen LogP contribution in [0.1, 0.15) is 12.5 Å². The molecule has 0 heterocycles. The van der Waals surface area contributed by atoms with E-state index in [1.807, 2.05) is 37.3 Å². The molecule has 2 aromatic rings. The first-order chi connectivity index (χ1) is 11.6. The van der Waals surface area contributed by atoms with E-state index in [0.29, 0.717) is 18.1 Å². The van der Waals surface area contributed by atoms with Gasteiger partial charge in [-0.25, -0.2) is 5.43 Å². The summed E-state index contributed by atoms with van der Waals surface area (Å²) in [4.78, 5) is 11.8. The van der Waals surface area contributed by atoms with Crippen molar-refractivity contribution in [3.05, 3.63) is 57.0 Å². The van der Waals surface area contributed by atoms with Gasteiger partial charge in [0.25, 0.3) is 5.91 Å². The fourth-order valence-electron chi connectivity index (χ4n) is 1.82. The standard InChI is InChI=1S/C17H16Br2N2O3/c1-2-23-16-7-6-14(19)8-12(16)10-20-21-17(22)11-24-15-5-3-4-13(18)9-15/h3-10H,2,11H2,1H3,(H,21,22)/b20-10-. The molecule has 0 saturated heterocycles. The number of hydrazone groups is 1. The van der Waals surface area contributed by atoms with Gasteiger partial charge in [-0.15, -0.1) is 0 Å². The van der Waals surface area contributed by atoms with Crippen molar-refractivity contribution in [1.82, 2.24) is 5.43 Å². The highest BCUT2D eigenvalue weighted by atomic mass is 79.9. The number of rotatable bonds is 7. The van der Waals surface area contributed by atoms with Crippen LogP contribution in [0, 0.1) is 0 Å². The van der Waals surface area contributed by atoms with Gasteiger partial charge in [0, 0.05) is 14.5 Å². The van der Waals surface area contributed by atoms with Crippen LogP contribution in [0.25, 0.3) is 0 Å². The van der Waals surface area contributed by atoms with Crippen LogP contribution in [0.2, 0.25) is 0 Å². The number of nitrogens with one attached hydrogen (secondary N) is 1. The van der Waals surface area contributed by atoms with E-state index >= 15 is 0 Å². The zero-order valence-electron chi connectivity index (χ0n) is 13.0. The predicted molar refractivity (Wildman–Crippen MR) is 101 cm³/mol. The smallest absolute Gasteiger partial charge is 0.277 e. The number of halogens is 2. The van der Waals surface area contributed by atoms with Gasteiger partial charge in [-0.3, -0.25) is 4.79 Å². The molecular formula is C17H16Br2N2O3. The van der Waals surface area contributed by atoms with E-state index in [1.54, 1.807) is 12.1 Å². The van der Waals surface area contributed by atoms with Crippen molar-refractivity contribution in [2.75, 3.05) is 13.2 Å². The zero-order chi connectivity index (χ0) is 17.4. The fourth-order valence-corrected chi connectivity index (χ4v) is 2.58. The minimum Gasteiger partial charge on any atom is -0.493 e. The number of hydrogen-bond donors (Lipinski definition) is 1. The monoisotopic (exact) mass is 454 g/mol. The summed E-state index contributed by atoms with van der Waals surface area (Å²) < 4.78 is 12.7. The normalized spacial score (nSPS) is 10.6. The minimum absolute atomic E-state index is 0.120. The number of hydrogen-bond acceptors (Lipinski definition) is 4. The van der Waals surface area contributed by atoms with Gasteiger partial charge in [0.2, 0.25) is 0 Å². The van der Waals surface area contributed by atoms with E-state index in [1.165, 1.54) is 6.21 Å². The molecule has 2 aromatic carbocycles. The lowest BCUT2D eigenvalue weighted by Gasteiger charge is -2.07. The summed E-state index contributed by atoms with van der Waals surface area (Å²) >= 11 is 6.74. The zero-order valence-corrected chi connectivity index (χ0v) is 16.1. The molecule has 7 heteroatoms. The van der Waals surface area contributed by atoms with Crippen molar-refractivity contribution in [1.29, 1.82) is 0 Å². The molecule has 0 aliphatic heterocycles. The van der Waals surface area contributed by atoms with E-state index in [4.69, 9.17) is 9.47 Å². The van der Waals surface area contributed by atoms with Crippen LogP contribution in [0.3, 0.4) is 0 Å². The maximum absolute atomic E-state index is 11.8. The molecule has 0 aromatic heterocycles. The molecule has 0 atom stereocenters. The Morgan fingerprint density at radius 1 is 1.17 bits per heavy atom. The molecule has 0 radical (unpaired) electrons. The number of carbonyl (C=O) groups is 1. The molecule has 0 saturated carbocycles. The van der Waals surface area contributed by atoms with Crippen LogP contribution in [0.15, 0.2) is 56.5 Å². The van der Waals surface area contributed by atoms with Crippen molar-refractivity contribution in [2.24, 2.45) is 5.10 Å². The van der Waals surface area contributed by atoms with Crippen LogP contribution in [0.5, 0.6) is 11.5 Å². The van der Waals surface area contributed by atoms with Gasteiger partial charge < -0.3 is 9.47 Å². The molecule has 24 heavy (non-hydrogen) atoms. The Bertz CT molecular complexity index is 736. The van der Waals surface area contributed by atoms with Crippen LogP contribution in [-0.4, -0.2) is 25.3 Å². The van der Waals surface area contributed by atoms with Crippen molar-refractivity contribution in [3.8, 4) is 11.5 Å². The average Bonchev–Trinajstić information content (AvgIpc) is 2.55. The molecule has 126 valence electrons. The lowest BCUT2D eigenvalue weighted by molar-refractivity contribution is -0.123. The summed E-state index contributed by atoms with van der Waals surface area (Å²) in [6.07, 6.45) is 1.53. The van der Waals surface area contributed by atoms with Crippen LogP contribution >= 0.6 is 31.9 Å².